The van der Waals surface area contributed by atoms with Crippen LogP contribution in [0.3, 0.4) is 0 Å². The molecular weight excluding hydrogens is 168 g/mol. The predicted octanol–water partition coefficient (Wildman–Crippen LogP) is -0.124. The Morgan fingerprint density at radius 2 is 2.54 bits per heavy atom. The van der Waals surface area contributed by atoms with Gasteiger partial charge in [-0.3, -0.25) is 4.79 Å². The SMILES string of the molecule is CC(NC(=O)CN)C1CCCOC1. The van der Waals surface area contributed by atoms with Gasteiger partial charge in [-0.1, -0.05) is 0 Å². The van der Waals surface area contributed by atoms with Crippen molar-refractivity contribution in [1.29, 1.82) is 0 Å². The fourth-order valence-electron chi connectivity index (χ4n) is 1.59. The Kier molecular flexibility index (Phi) is 4.18. The largest absolute Gasteiger partial charge is 0.381 e. The highest BCUT2D eigenvalue weighted by molar-refractivity contribution is 5.78. The Labute approximate surface area is 78.8 Å². The van der Waals surface area contributed by atoms with E-state index >= 15 is 0 Å². The zero-order valence-electron chi connectivity index (χ0n) is 8.08. The minimum atomic E-state index is -0.0851. The third-order valence-corrected chi connectivity index (χ3v) is 2.48. The van der Waals surface area contributed by atoms with Crippen molar-refractivity contribution in [3.8, 4) is 0 Å². The van der Waals surface area contributed by atoms with E-state index in [9.17, 15) is 4.79 Å². The summed E-state index contributed by atoms with van der Waals surface area (Å²) in [5, 5.41) is 2.86. The van der Waals surface area contributed by atoms with Crippen LogP contribution in [-0.4, -0.2) is 31.7 Å². The molecular formula is C9H18N2O2. The van der Waals surface area contributed by atoms with Gasteiger partial charge in [0, 0.05) is 18.6 Å². The number of hydrogen-bond acceptors (Lipinski definition) is 3. The van der Waals surface area contributed by atoms with Crippen LogP contribution in [0, 0.1) is 5.92 Å². The molecule has 1 aliphatic heterocycles. The molecule has 0 saturated carbocycles. The van der Waals surface area contributed by atoms with Crippen molar-refractivity contribution in [3.05, 3.63) is 0 Å². The van der Waals surface area contributed by atoms with Crippen LogP contribution in [0.5, 0.6) is 0 Å². The van der Waals surface area contributed by atoms with Crippen LogP contribution in [0.4, 0.5) is 0 Å². The molecule has 1 amide bonds. The first-order valence-electron chi connectivity index (χ1n) is 4.81. The molecule has 13 heavy (non-hydrogen) atoms. The number of ether oxygens (including phenoxy) is 1. The molecule has 1 fully saturated rings. The van der Waals surface area contributed by atoms with Gasteiger partial charge in [-0.2, -0.15) is 0 Å². The average molecular weight is 186 g/mol. The maximum absolute atomic E-state index is 11.0. The summed E-state index contributed by atoms with van der Waals surface area (Å²) in [7, 11) is 0. The monoisotopic (exact) mass is 186 g/mol. The molecule has 4 nitrogen and oxygen atoms in total. The molecule has 0 spiro atoms. The molecule has 0 bridgehead atoms. The maximum atomic E-state index is 11.0. The second-order valence-corrected chi connectivity index (χ2v) is 3.54. The van der Waals surface area contributed by atoms with Crippen LogP contribution in [0.1, 0.15) is 19.8 Å². The summed E-state index contributed by atoms with van der Waals surface area (Å²) in [6.07, 6.45) is 2.22. The first-order valence-corrected chi connectivity index (χ1v) is 4.81. The van der Waals surface area contributed by atoms with E-state index in [4.69, 9.17) is 10.5 Å². The predicted molar refractivity (Wildman–Crippen MR) is 50.2 cm³/mol. The summed E-state index contributed by atoms with van der Waals surface area (Å²) < 4.78 is 5.34. The minimum absolute atomic E-state index is 0.0674. The van der Waals surface area contributed by atoms with Crippen LogP contribution >= 0.6 is 0 Å². The number of carbonyl (C=O) groups excluding carboxylic acids is 1. The van der Waals surface area contributed by atoms with E-state index in [1.165, 1.54) is 0 Å². The lowest BCUT2D eigenvalue weighted by atomic mass is 9.95. The van der Waals surface area contributed by atoms with Crippen molar-refractivity contribution < 1.29 is 9.53 Å². The summed E-state index contributed by atoms with van der Waals surface area (Å²) in [5.74, 6) is 0.363. The molecule has 0 radical (unpaired) electrons. The minimum Gasteiger partial charge on any atom is -0.381 e. The molecule has 0 aliphatic carbocycles. The van der Waals surface area contributed by atoms with Crippen molar-refractivity contribution in [2.24, 2.45) is 11.7 Å². The molecule has 1 aliphatic rings. The van der Waals surface area contributed by atoms with E-state index in [-0.39, 0.29) is 18.5 Å². The Balaban J connectivity index is 2.28. The zero-order valence-corrected chi connectivity index (χ0v) is 8.08. The van der Waals surface area contributed by atoms with E-state index in [0.29, 0.717) is 5.92 Å². The Morgan fingerprint density at radius 3 is 3.08 bits per heavy atom. The van der Waals surface area contributed by atoms with Crippen molar-refractivity contribution in [3.63, 3.8) is 0 Å². The van der Waals surface area contributed by atoms with Crippen molar-refractivity contribution in [2.75, 3.05) is 19.8 Å². The topological polar surface area (TPSA) is 64.4 Å². The lowest BCUT2D eigenvalue weighted by Crippen LogP contribution is -2.43. The lowest BCUT2D eigenvalue weighted by molar-refractivity contribution is -0.121. The van der Waals surface area contributed by atoms with Crippen molar-refractivity contribution >= 4 is 5.91 Å². The van der Waals surface area contributed by atoms with Gasteiger partial charge in [0.05, 0.1) is 13.2 Å². The molecule has 1 heterocycles. The molecule has 0 aromatic carbocycles. The summed E-state index contributed by atoms with van der Waals surface area (Å²) in [6.45, 7) is 3.69. The second kappa shape index (κ2) is 5.19. The van der Waals surface area contributed by atoms with Crippen LogP contribution < -0.4 is 11.1 Å². The molecule has 0 aromatic rings. The molecule has 4 heteroatoms. The molecule has 1 saturated heterocycles. The van der Waals surface area contributed by atoms with Gasteiger partial charge in [-0.25, -0.2) is 0 Å². The highest BCUT2D eigenvalue weighted by atomic mass is 16.5. The first-order chi connectivity index (χ1) is 6.24. The van der Waals surface area contributed by atoms with Crippen molar-refractivity contribution in [2.45, 2.75) is 25.8 Å². The number of rotatable bonds is 3. The Hall–Kier alpha value is -0.610. The zero-order chi connectivity index (χ0) is 9.68. The van der Waals surface area contributed by atoms with Gasteiger partial charge < -0.3 is 15.8 Å². The molecule has 3 N–H and O–H groups in total. The van der Waals surface area contributed by atoms with E-state index in [1.54, 1.807) is 0 Å². The molecule has 1 rings (SSSR count). The highest BCUT2D eigenvalue weighted by Crippen LogP contribution is 2.16. The molecule has 2 atom stereocenters. The van der Waals surface area contributed by atoms with Crippen LogP contribution in [-0.2, 0) is 9.53 Å². The van der Waals surface area contributed by atoms with Gasteiger partial charge in [-0.05, 0) is 19.8 Å². The highest BCUT2D eigenvalue weighted by Gasteiger charge is 2.21. The van der Waals surface area contributed by atoms with Gasteiger partial charge >= 0.3 is 0 Å². The van der Waals surface area contributed by atoms with E-state index in [2.05, 4.69) is 5.32 Å². The summed E-state index contributed by atoms with van der Waals surface area (Å²) in [5.41, 5.74) is 5.21. The maximum Gasteiger partial charge on any atom is 0.233 e. The van der Waals surface area contributed by atoms with Gasteiger partial charge in [0.15, 0.2) is 0 Å². The first kappa shape index (κ1) is 10.5. The standard InChI is InChI=1S/C9H18N2O2/c1-7(11-9(12)5-10)8-3-2-4-13-6-8/h7-8H,2-6,10H2,1H3,(H,11,12). The van der Waals surface area contributed by atoms with E-state index in [1.807, 2.05) is 6.92 Å². The molecule has 76 valence electrons. The van der Waals surface area contributed by atoms with Gasteiger partial charge in [0.1, 0.15) is 0 Å². The van der Waals surface area contributed by atoms with Crippen LogP contribution in [0.25, 0.3) is 0 Å². The third-order valence-electron chi connectivity index (χ3n) is 2.48. The van der Waals surface area contributed by atoms with Gasteiger partial charge in [0.25, 0.3) is 0 Å². The number of hydrogen-bond donors (Lipinski definition) is 2. The number of nitrogens with two attached hydrogens (primary N) is 1. The van der Waals surface area contributed by atoms with Crippen LogP contribution in [0.2, 0.25) is 0 Å². The Morgan fingerprint density at radius 1 is 1.77 bits per heavy atom. The lowest BCUT2D eigenvalue weighted by Gasteiger charge is -2.28. The quantitative estimate of drug-likeness (QED) is 0.645. The van der Waals surface area contributed by atoms with E-state index in [0.717, 1.165) is 26.1 Å². The third kappa shape index (κ3) is 3.32. The van der Waals surface area contributed by atoms with Crippen LogP contribution in [0.15, 0.2) is 0 Å². The normalized spacial score (nSPS) is 25.2. The Bertz CT molecular complexity index is 167. The summed E-state index contributed by atoms with van der Waals surface area (Å²) in [6, 6.07) is 0.177. The van der Waals surface area contributed by atoms with Gasteiger partial charge in [-0.15, -0.1) is 0 Å². The van der Waals surface area contributed by atoms with E-state index < -0.39 is 0 Å². The second-order valence-electron chi connectivity index (χ2n) is 3.54. The van der Waals surface area contributed by atoms with Crippen molar-refractivity contribution in [1.82, 2.24) is 5.32 Å². The molecule has 2 unspecified atom stereocenters. The number of nitrogens with one attached hydrogen (secondary N) is 1. The summed E-state index contributed by atoms with van der Waals surface area (Å²) in [4.78, 5) is 11.0. The summed E-state index contributed by atoms with van der Waals surface area (Å²) >= 11 is 0. The number of carbonyl (C=O) groups is 1. The fraction of sp³-hybridized carbons (Fsp3) is 0.889. The smallest absolute Gasteiger partial charge is 0.233 e. The number of amides is 1. The average Bonchev–Trinajstić information content (AvgIpc) is 2.19. The fourth-order valence-corrected chi connectivity index (χ4v) is 1.59. The van der Waals surface area contributed by atoms with Gasteiger partial charge in [0.2, 0.25) is 5.91 Å². The molecule has 0 aromatic heterocycles.